The van der Waals surface area contributed by atoms with Crippen LogP contribution in [-0.2, 0) is 13.0 Å². The lowest BCUT2D eigenvalue weighted by Crippen LogP contribution is -2.29. The highest BCUT2D eigenvalue weighted by molar-refractivity contribution is 7.13. The molecule has 0 fully saturated rings. The Hall–Kier alpha value is -4.71. The molecule has 1 aliphatic rings. The molecule has 2 amide bonds. The molecule has 12 heteroatoms. The highest BCUT2D eigenvalue weighted by Crippen LogP contribution is 2.33. The van der Waals surface area contributed by atoms with Crippen LogP contribution in [0.1, 0.15) is 50.1 Å². The van der Waals surface area contributed by atoms with Gasteiger partial charge >= 0.3 is 5.69 Å². The van der Waals surface area contributed by atoms with Gasteiger partial charge in [0.2, 0.25) is 0 Å². The monoisotopic (exact) mass is 512 g/mol. The minimum Gasteiger partial charge on any atom is -0.347 e. The Morgan fingerprint density at radius 3 is 2.76 bits per heavy atom. The van der Waals surface area contributed by atoms with Crippen LogP contribution in [0.2, 0.25) is 0 Å². The normalized spacial score (nSPS) is 14.4. The summed E-state index contributed by atoms with van der Waals surface area (Å²) >= 11 is 1.40. The summed E-state index contributed by atoms with van der Waals surface area (Å²) in [4.78, 5) is 47.8. The molecule has 11 nitrogen and oxygen atoms in total. The summed E-state index contributed by atoms with van der Waals surface area (Å²) in [7, 11) is 0. The van der Waals surface area contributed by atoms with Gasteiger partial charge in [-0.1, -0.05) is 24.3 Å². The number of amides is 2. The van der Waals surface area contributed by atoms with E-state index in [1.54, 1.807) is 6.20 Å². The van der Waals surface area contributed by atoms with Gasteiger partial charge in [-0.25, -0.2) is 19.9 Å². The summed E-state index contributed by atoms with van der Waals surface area (Å²) in [5.74, 6) is -0.308. The number of nitrogens with zero attached hydrogens (tertiary/aromatic N) is 4. The second-order valence-electron chi connectivity index (χ2n) is 8.67. The van der Waals surface area contributed by atoms with Crippen molar-refractivity contribution >= 4 is 33.4 Å². The average Bonchev–Trinajstić information content (AvgIpc) is 3.67. The van der Waals surface area contributed by atoms with Crippen LogP contribution in [0, 0.1) is 0 Å². The molecule has 184 valence electrons. The highest BCUT2D eigenvalue weighted by Gasteiger charge is 2.26. The van der Waals surface area contributed by atoms with E-state index in [1.165, 1.54) is 23.9 Å². The highest BCUT2D eigenvalue weighted by atomic mass is 32.1. The zero-order valence-corrected chi connectivity index (χ0v) is 20.1. The largest absolute Gasteiger partial charge is 0.347 e. The fourth-order valence-electron chi connectivity index (χ4n) is 4.45. The molecule has 0 saturated carbocycles. The van der Waals surface area contributed by atoms with Gasteiger partial charge in [-0.05, 0) is 53.2 Å². The van der Waals surface area contributed by atoms with Crippen molar-refractivity contribution in [3.63, 3.8) is 0 Å². The number of aromatic amines is 2. The molecule has 4 N–H and O–H groups in total. The van der Waals surface area contributed by atoms with Crippen LogP contribution in [0.15, 0.2) is 59.8 Å². The van der Waals surface area contributed by atoms with Crippen LogP contribution in [0.25, 0.3) is 21.5 Å². The molecule has 3 aromatic heterocycles. The lowest BCUT2D eigenvalue weighted by atomic mass is 10.0. The van der Waals surface area contributed by atoms with Crippen molar-refractivity contribution in [3.05, 3.63) is 93.6 Å². The Morgan fingerprint density at radius 1 is 1.05 bits per heavy atom. The lowest BCUT2D eigenvalue weighted by molar-refractivity contribution is 0.0931. The third-order valence-corrected chi connectivity index (χ3v) is 7.07. The maximum Gasteiger partial charge on any atom is 0.340 e. The number of rotatable bonds is 6. The number of hydrogen-bond donors (Lipinski definition) is 4. The van der Waals surface area contributed by atoms with E-state index >= 15 is 0 Å². The van der Waals surface area contributed by atoms with Crippen LogP contribution in [-0.4, -0.2) is 41.3 Å². The number of hydrogen-bond acceptors (Lipinski definition) is 8. The van der Waals surface area contributed by atoms with Gasteiger partial charge in [0.1, 0.15) is 17.7 Å². The summed E-state index contributed by atoms with van der Waals surface area (Å²) in [6, 6.07) is 12.8. The average molecular weight is 513 g/mol. The predicted octanol–water partition coefficient (Wildman–Crippen LogP) is 2.51. The van der Waals surface area contributed by atoms with E-state index in [-0.39, 0.29) is 29.0 Å². The van der Waals surface area contributed by atoms with Crippen molar-refractivity contribution < 1.29 is 9.59 Å². The van der Waals surface area contributed by atoms with E-state index in [9.17, 15) is 14.4 Å². The van der Waals surface area contributed by atoms with Crippen molar-refractivity contribution in [2.45, 2.75) is 25.4 Å². The molecular formula is C25H20N8O3S. The summed E-state index contributed by atoms with van der Waals surface area (Å²) in [6.07, 6.45) is 4.52. The van der Waals surface area contributed by atoms with E-state index in [0.717, 1.165) is 45.2 Å². The van der Waals surface area contributed by atoms with Gasteiger partial charge in [0, 0.05) is 29.8 Å². The number of H-pyrrole nitrogens is 2. The Morgan fingerprint density at radius 2 is 1.92 bits per heavy atom. The van der Waals surface area contributed by atoms with Crippen molar-refractivity contribution in [2.75, 3.05) is 0 Å². The fourth-order valence-corrected chi connectivity index (χ4v) is 5.16. The first-order chi connectivity index (χ1) is 18.0. The Bertz CT molecular complexity index is 1710. The molecule has 1 atom stereocenters. The maximum absolute atomic E-state index is 13.0. The van der Waals surface area contributed by atoms with Crippen LogP contribution < -0.4 is 16.3 Å². The van der Waals surface area contributed by atoms with Crippen LogP contribution in [0.5, 0.6) is 0 Å². The van der Waals surface area contributed by atoms with E-state index in [0.29, 0.717) is 12.4 Å². The van der Waals surface area contributed by atoms with Crippen LogP contribution >= 0.6 is 11.5 Å². The Labute approximate surface area is 213 Å². The summed E-state index contributed by atoms with van der Waals surface area (Å²) < 4.78 is 5.21. The van der Waals surface area contributed by atoms with Crippen molar-refractivity contribution in [3.8, 4) is 11.4 Å². The molecule has 0 saturated heterocycles. The molecule has 2 aromatic carbocycles. The topological polar surface area (TPSA) is 158 Å². The first-order valence-electron chi connectivity index (χ1n) is 11.6. The molecular weight excluding hydrogens is 492 g/mol. The smallest absolute Gasteiger partial charge is 0.340 e. The molecule has 3 heterocycles. The standard InChI is InChI=1S/C25H20N8O3S/c34-23(26-10-13-1-2-16-11-29-37-21(16)7-13)19-9-20(28-12-27-19)24(35)30-18-6-4-14-8-15(3-5-17(14)18)22-31-25(36)33-32-22/h1-3,5,7-9,11-12,18H,4,6,10H2,(H,26,34)(H,30,35)(H2,31,32,33,36)/t18-/m0/s1. The fraction of sp³-hybridized carbons (Fsp3) is 0.160. The summed E-state index contributed by atoms with van der Waals surface area (Å²) in [5.41, 5.74) is 3.68. The number of carbonyl (C=O) groups excluding carboxylic acids is 2. The second-order valence-corrected chi connectivity index (χ2v) is 9.51. The first-order valence-corrected chi connectivity index (χ1v) is 12.3. The summed E-state index contributed by atoms with van der Waals surface area (Å²) in [6.45, 7) is 0.325. The van der Waals surface area contributed by atoms with Crippen LogP contribution in [0.3, 0.4) is 0 Å². The first kappa shape index (κ1) is 22.7. The van der Waals surface area contributed by atoms with E-state index in [4.69, 9.17) is 0 Å². The number of nitrogens with one attached hydrogen (secondary N) is 4. The third-order valence-electron chi connectivity index (χ3n) is 6.31. The van der Waals surface area contributed by atoms with E-state index in [1.807, 2.05) is 36.4 Å². The molecule has 0 radical (unpaired) electrons. The van der Waals surface area contributed by atoms with Gasteiger partial charge in [-0.3, -0.25) is 14.6 Å². The SMILES string of the molecule is O=C(NCc1ccc2cnsc2c1)c1cc(C(=O)N[C@H]2CCc3cc(-c4n[nH]c(=O)[nH]4)ccc32)ncn1. The predicted molar refractivity (Wildman–Crippen MR) is 136 cm³/mol. The lowest BCUT2D eigenvalue weighted by Gasteiger charge is -2.14. The van der Waals surface area contributed by atoms with Gasteiger partial charge < -0.3 is 10.6 Å². The quantitative estimate of drug-likeness (QED) is 0.272. The number of carbonyl (C=O) groups is 2. The van der Waals surface area contributed by atoms with Crippen molar-refractivity contribution in [1.82, 2.24) is 40.2 Å². The molecule has 0 bridgehead atoms. The molecule has 37 heavy (non-hydrogen) atoms. The Balaban J connectivity index is 1.12. The minimum atomic E-state index is -0.393. The Kier molecular flexibility index (Phi) is 5.77. The number of benzene rings is 2. The number of fused-ring (bicyclic) bond motifs is 2. The van der Waals surface area contributed by atoms with Gasteiger partial charge in [0.25, 0.3) is 11.8 Å². The number of aryl methyl sites for hydroxylation is 1. The maximum atomic E-state index is 13.0. The van der Waals surface area contributed by atoms with Gasteiger partial charge in [-0.15, -0.1) is 0 Å². The van der Waals surface area contributed by atoms with Gasteiger partial charge in [0.05, 0.1) is 10.7 Å². The van der Waals surface area contributed by atoms with Gasteiger partial charge in [-0.2, -0.15) is 9.47 Å². The van der Waals surface area contributed by atoms with E-state index in [2.05, 4.69) is 40.2 Å². The number of aromatic nitrogens is 6. The molecule has 0 aliphatic heterocycles. The molecule has 6 rings (SSSR count). The molecule has 1 aliphatic carbocycles. The zero-order chi connectivity index (χ0) is 25.4. The molecule has 0 unspecified atom stereocenters. The van der Waals surface area contributed by atoms with Gasteiger partial charge in [0.15, 0.2) is 5.82 Å². The van der Waals surface area contributed by atoms with E-state index < -0.39 is 5.91 Å². The zero-order valence-electron chi connectivity index (χ0n) is 19.3. The second kappa shape index (κ2) is 9.39. The van der Waals surface area contributed by atoms with Crippen LogP contribution in [0.4, 0.5) is 0 Å². The third kappa shape index (κ3) is 4.61. The molecule has 0 spiro atoms. The molecule has 5 aromatic rings. The van der Waals surface area contributed by atoms with Crippen molar-refractivity contribution in [1.29, 1.82) is 0 Å². The van der Waals surface area contributed by atoms with Crippen molar-refractivity contribution in [2.24, 2.45) is 0 Å². The minimum absolute atomic E-state index is 0.114. The summed E-state index contributed by atoms with van der Waals surface area (Å²) in [5, 5.41) is 13.2.